The Morgan fingerprint density at radius 3 is 2.89 bits per heavy atom. The number of halogens is 1. The zero-order valence-electron chi connectivity index (χ0n) is 15.3. The molecule has 28 heavy (non-hydrogen) atoms. The number of aliphatic hydroxyl groups excluding tert-OH is 1. The van der Waals surface area contributed by atoms with Crippen molar-refractivity contribution in [3.8, 4) is 0 Å². The number of rotatable bonds is 6. The minimum absolute atomic E-state index is 0.110. The van der Waals surface area contributed by atoms with E-state index in [0.717, 1.165) is 36.0 Å². The van der Waals surface area contributed by atoms with Crippen LogP contribution < -0.4 is 5.32 Å². The highest BCUT2D eigenvalue weighted by Crippen LogP contribution is 2.33. The minimum Gasteiger partial charge on any atom is -0.392 e. The predicted octanol–water partition coefficient (Wildman–Crippen LogP) is 1.95. The largest absolute Gasteiger partial charge is 0.392 e. The Bertz CT molecular complexity index is 801. The highest BCUT2D eigenvalue weighted by atomic mass is 35.5. The van der Waals surface area contributed by atoms with Crippen molar-refractivity contribution in [1.29, 1.82) is 0 Å². The summed E-state index contributed by atoms with van der Waals surface area (Å²) in [7, 11) is 0. The number of likely N-dealkylation sites (tertiary alicyclic amines) is 1. The van der Waals surface area contributed by atoms with Crippen LogP contribution in [-0.4, -0.2) is 70.8 Å². The first kappa shape index (κ1) is 20.9. The number of β-amino-alcohol motifs (C(OH)–C–C–N with tert-alkyl or cyclic N) is 1. The number of imide groups is 1. The van der Waals surface area contributed by atoms with Crippen molar-refractivity contribution >= 4 is 46.5 Å². The van der Waals surface area contributed by atoms with Gasteiger partial charge in [0.2, 0.25) is 5.91 Å². The molecule has 0 aromatic heterocycles. The number of carbonyl (C=O) groups is 3. The summed E-state index contributed by atoms with van der Waals surface area (Å²) in [6.45, 7) is 1.76. The lowest BCUT2D eigenvalue weighted by Gasteiger charge is -2.29. The topological polar surface area (TPSA) is 90.0 Å². The maximum Gasteiger partial charge on any atom is 0.293 e. The van der Waals surface area contributed by atoms with Gasteiger partial charge in [0.25, 0.3) is 11.1 Å². The zero-order valence-corrected chi connectivity index (χ0v) is 16.8. The van der Waals surface area contributed by atoms with Gasteiger partial charge in [0.05, 0.1) is 17.6 Å². The molecule has 2 heterocycles. The molecule has 0 aliphatic carbocycles. The second-order valence-corrected chi connectivity index (χ2v) is 8.14. The second kappa shape index (κ2) is 9.56. The molecule has 2 fully saturated rings. The molecular weight excluding hydrogens is 402 g/mol. The van der Waals surface area contributed by atoms with Gasteiger partial charge in [-0.05, 0) is 48.9 Å². The van der Waals surface area contributed by atoms with Crippen LogP contribution >= 0.6 is 23.4 Å². The van der Waals surface area contributed by atoms with Crippen molar-refractivity contribution in [2.24, 2.45) is 0 Å². The second-order valence-electron chi connectivity index (χ2n) is 6.74. The highest BCUT2D eigenvalue weighted by molar-refractivity contribution is 8.18. The molecule has 0 saturated carbocycles. The number of amides is 3. The fourth-order valence-corrected chi connectivity index (χ4v) is 4.21. The Hall–Kier alpha value is -1.87. The number of nitrogens with one attached hydrogen (secondary N) is 1. The molecule has 0 radical (unpaired) electrons. The van der Waals surface area contributed by atoms with E-state index >= 15 is 0 Å². The third kappa shape index (κ3) is 5.35. The fraction of sp³-hybridized carbons (Fsp3) is 0.421. The van der Waals surface area contributed by atoms with Gasteiger partial charge in [-0.1, -0.05) is 29.8 Å². The maximum atomic E-state index is 12.5. The third-order valence-corrected chi connectivity index (χ3v) is 5.82. The van der Waals surface area contributed by atoms with Crippen molar-refractivity contribution in [2.45, 2.75) is 18.9 Å². The molecular formula is C19H22ClN3O4S. The van der Waals surface area contributed by atoms with Crippen molar-refractivity contribution < 1.29 is 19.5 Å². The summed E-state index contributed by atoms with van der Waals surface area (Å²) in [6.07, 6.45) is 2.84. The van der Waals surface area contributed by atoms with Crippen molar-refractivity contribution in [3.05, 3.63) is 39.8 Å². The number of piperidine rings is 1. The average molecular weight is 424 g/mol. The van der Waals surface area contributed by atoms with Gasteiger partial charge in [-0.3, -0.25) is 24.2 Å². The fourth-order valence-electron chi connectivity index (χ4n) is 3.17. The van der Waals surface area contributed by atoms with Gasteiger partial charge in [0, 0.05) is 24.7 Å². The summed E-state index contributed by atoms with van der Waals surface area (Å²) in [5, 5.41) is 12.5. The van der Waals surface area contributed by atoms with E-state index in [2.05, 4.69) is 5.32 Å². The molecule has 2 aliphatic heterocycles. The monoisotopic (exact) mass is 423 g/mol. The Kier molecular flexibility index (Phi) is 7.12. The summed E-state index contributed by atoms with van der Waals surface area (Å²) in [6, 6.07) is 7.08. The van der Waals surface area contributed by atoms with E-state index in [1.165, 1.54) is 0 Å². The van der Waals surface area contributed by atoms with Gasteiger partial charge in [-0.15, -0.1) is 0 Å². The molecule has 2 saturated heterocycles. The molecule has 0 spiro atoms. The Labute approximate surface area is 172 Å². The third-order valence-electron chi connectivity index (χ3n) is 4.57. The van der Waals surface area contributed by atoms with Crippen LogP contribution in [0.5, 0.6) is 0 Å². The van der Waals surface area contributed by atoms with Crippen molar-refractivity contribution in [3.63, 3.8) is 0 Å². The van der Waals surface area contributed by atoms with E-state index in [9.17, 15) is 19.5 Å². The van der Waals surface area contributed by atoms with E-state index < -0.39 is 0 Å². The van der Waals surface area contributed by atoms with Crippen LogP contribution in [0, 0.1) is 0 Å². The first-order valence-corrected chi connectivity index (χ1v) is 10.3. The first-order chi connectivity index (χ1) is 13.4. The Balaban J connectivity index is 1.49. The first-order valence-electron chi connectivity index (χ1n) is 9.11. The molecule has 0 unspecified atom stereocenters. The summed E-state index contributed by atoms with van der Waals surface area (Å²) in [5.74, 6) is -0.573. The van der Waals surface area contributed by atoms with Gasteiger partial charge in [-0.25, -0.2) is 0 Å². The number of aliphatic hydroxyl groups is 1. The number of hydrogen-bond acceptors (Lipinski definition) is 6. The number of benzene rings is 1. The lowest BCUT2D eigenvalue weighted by atomic mass is 10.1. The van der Waals surface area contributed by atoms with Crippen LogP contribution in [-0.2, 0) is 9.59 Å². The summed E-state index contributed by atoms with van der Waals surface area (Å²) >= 11 is 6.96. The number of carbonyl (C=O) groups excluding carboxylic acids is 3. The van der Waals surface area contributed by atoms with Crippen molar-refractivity contribution in [2.75, 3.05) is 32.7 Å². The van der Waals surface area contributed by atoms with Crippen LogP contribution in [0.1, 0.15) is 18.4 Å². The minimum atomic E-state index is -0.387. The predicted molar refractivity (Wildman–Crippen MR) is 109 cm³/mol. The standard InChI is InChI=1S/C19H22ClN3O4S/c20-15-6-2-1-4-13(15)10-16-18(26)23(19(27)28-16)9-7-21-17(25)12-22-8-3-5-14(24)11-22/h1-2,4,6,10,14,24H,3,5,7-9,11-12H2,(H,21,25)/b16-10+/t14-/m1/s1. The molecule has 2 N–H and O–H groups in total. The number of hydrogen-bond donors (Lipinski definition) is 2. The maximum absolute atomic E-state index is 12.5. The van der Waals surface area contributed by atoms with Crippen LogP contribution in [0.15, 0.2) is 29.2 Å². The normalized spacial score (nSPS) is 22.1. The van der Waals surface area contributed by atoms with Gasteiger partial charge in [0.1, 0.15) is 0 Å². The van der Waals surface area contributed by atoms with E-state index in [0.29, 0.717) is 22.0 Å². The number of thioether (sulfide) groups is 1. The molecule has 1 aromatic carbocycles. The van der Waals surface area contributed by atoms with Crippen molar-refractivity contribution in [1.82, 2.24) is 15.1 Å². The smallest absolute Gasteiger partial charge is 0.293 e. The average Bonchev–Trinajstić information content (AvgIpc) is 2.91. The van der Waals surface area contributed by atoms with Gasteiger partial charge < -0.3 is 10.4 Å². The van der Waals surface area contributed by atoms with E-state index in [-0.39, 0.29) is 42.8 Å². The molecule has 1 atom stereocenters. The zero-order chi connectivity index (χ0) is 20.1. The summed E-state index contributed by atoms with van der Waals surface area (Å²) in [5.41, 5.74) is 0.673. The molecule has 3 rings (SSSR count). The SMILES string of the molecule is O=C(CN1CCC[C@@H](O)C1)NCCN1C(=O)S/C(=C/c2ccccc2Cl)C1=O. The molecule has 3 amide bonds. The van der Waals surface area contributed by atoms with Crippen LogP contribution in [0.2, 0.25) is 5.02 Å². The number of nitrogens with zero attached hydrogens (tertiary/aromatic N) is 2. The molecule has 7 nitrogen and oxygen atoms in total. The lowest BCUT2D eigenvalue weighted by molar-refractivity contribution is -0.125. The molecule has 2 aliphatic rings. The molecule has 1 aromatic rings. The molecule has 150 valence electrons. The Morgan fingerprint density at radius 2 is 2.14 bits per heavy atom. The quantitative estimate of drug-likeness (QED) is 0.680. The van der Waals surface area contributed by atoms with Gasteiger partial charge >= 0.3 is 0 Å². The van der Waals surface area contributed by atoms with E-state index in [4.69, 9.17) is 11.6 Å². The summed E-state index contributed by atoms with van der Waals surface area (Å²) in [4.78, 5) is 40.0. The molecule has 0 bridgehead atoms. The lowest BCUT2D eigenvalue weighted by Crippen LogP contribution is -2.45. The van der Waals surface area contributed by atoms with Crippen LogP contribution in [0.3, 0.4) is 0 Å². The van der Waals surface area contributed by atoms with E-state index in [1.54, 1.807) is 30.3 Å². The Morgan fingerprint density at radius 1 is 1.36 bits per heavy atom. The van der Waals surface area contributed by atoms with Gasteiger partial charge in [0.15, 0.2) is 0 Å². The van der Waals surface area contributed by atoms with E-state index in [1.807, 2.05) is 4.90 Å². The van der Waals surface area contributed by atoms with Crippen LogP contribution in [0.25, 0.3) is 6.08 Å². The summed E-state index contributed by atoms with van der Waals surface area (Å²) < 4.78 is 0. The highest BCUT2D eigenvalue weighted by Gasteiger charge is 2.34. The van der Waals surface area contributed by atoms with Gasteiger partial charge in [-0.2, -0.15) is 0 Å². The van der Waals surface area contributed by atoms with Crippen LogP contribution in [0.4, 0.5) is 4.79 Å². The molecule has 9 heteroatoms.